The molecule has 3 aromatic rings. The second kappa shape index (κ2) is 10.8. The van der Waals surface area contributed by atoms with Gasteiger partial charge in [-0.25, -0.2) is 17.8 Å². The maximum Gasteiger partial charge on any atom is 0.253 e. The Hall–Kier alpha value is -2.57. The number of nitrogens with zero attached hydrogens (tertiary/aromatic N) is 4. The second-order valence-electron chi connectivity index (χ2n) is 8.34. The lowest BCUT2D eigenvalue weighted by molar-refractivity contribution is 0.0787. The standard InChI is InChI=1S/C24H26IN5O3S/c1-2-34(32,33)26-14-19-11-12-29(15-19)24(31)20-9-7-18(8-10-20)16-30-17-22(27-28-30)13-21-5-3-4-6-23(21)25/h2-10,17,19,26H,1,11-16H2. The van der Waals surface area contributed by atoms with Crippen molar-refractivity contribution in [3.8, 4) is 0 Å². The lowest BCUT2D eigenvalue weighted by atomic mass is 10.1. The molecule has 0 spiro atoms. The minimum atomic E-state index is -3.45. The Balaban J connectivity index is 1.31. The first-order chi connectivity index (χ1) is 16.3. The average Bonchev–Trinajstić information content (AvgIpc) is 3.49. The molecule has 1 aliphatic heterocycles. The lowest BCUT2D eigenvalue weighted by Crippen LogP contribution is -2.32. The molecule has 1 fully saturated rings. The molecule has 1 aliphatic rings. The summed E-state index contributed by atoms with van der Waals surface area (Å²) in [5, 5.41) is 9.43. The van der Waals surface area contributed by atoms with E-state index in [2.05, 4.69) is 56.3 Å². The minimum Gasteiger partial charge on any atom is -0.338 e. The first kappa shape index (κ1) is 24.6. The summed E-state index contributed by atoms with van der Waals surface area (Å²) >= 11 is 2.33. The van der Waals surface area contributed by atoms with Crippen LogP contribution in [0.1, 0.15) is 33.6 Å². The molecule has 0 aliphatic carbocycles. The Morgan fingerprint density at radius 3 is 2.71 bits per heavy atom. The fraction of sp³-hybridized carbons (Fsp3) is 0.292. The van der Waals surface area contributed by atoms with E-state index in [1.165, 1.54) is 9.13 Å². The Labute approximate surface area is 213 Å². The van der Waals surface area contributed by atoms with Gasteiger partial charge in [-0.05, 0) is 64.3 Å². The zero-order valence-corrected chi connectivity index (χ0v) is 21.6. The van der Waals surface area contributed by atoms with Crippen molar-refractivity contribution >= 4 is 38.5 Å². The van der Waals surface area contributed by atoms with Crippen LogP contribution in [0.15, 0.2) is 66.7 Å². The van der Waals surface area contributed by atoms with Gasteiger partial charge in [0.1, 0.15) is 0 Å². The monoisotopic (exact) mass is 591 g/mol. The molecule has 1 saturated heterocycles. The number of carbonyl (C=O) groups is 1. The molecule has 0 radical (unpaired) electrons. The molecule has 1 unspecified atom stereocenters. The molecule has 2 heterocycles. The molecule has 8 nitrogen and oxygen atoms in total. The van der Waals surface area contributed by atoms with Crippen molar-refractivity contribution in [2.45, 2.75) is 19.4 Å². The lowest BCUT2D eigenvalue weighted by Gasteiger charge is -2.17. The maximum atomic E-state index is 12.9. The highest BCUT2D eigenvalue weighted by Crippen LogP contribution is 2.19. The predicted molar refractivity (Wildman–Crippen MR) is 139 cm³/mol. The molecule has 1 N–H and O–H groups in total. The van der Waals surface area contributed by atoms with Crippen molar-refractivity contribution in [2.24, 2.45) is 5.92 Å². The topological polar surface area (TPSA) is 97.2 Å². The van der Waals surface area contributed by atoms with Gasteiger partial charge >= 0.3 is 0 Å². The van der Waals surface area contributed by atoms with E-state index in [1.807, 2.05) is 42.6 Å². The van der Waals surface area contributed by atoms with Crippen molar-refractivity contribution in [1.29, 1.82) is 0 Å². The normalized spacial score (nSPS) is 16.0. The van der Waals surface area contributed by atoms with Gasteiger partial charge in [-0.3, -0.25) is 4.79 Å². The highest BCUT2D eigenvalue weighted by Gasteiger charge is 2.27. The van der Waals surface area contributed by atoms with Crippen molar-refractivity contribution < 1.29 is 13.2 Å². The van der Waals surface area contributed by atoms with Crippen LogP contribution in [-0.4, -0.2) is 53.9 Å². The third-order valence-electron chi connectivity index (χ3n) is 5.83. The maximum absolute atomic E-state index is 12.9. The van der Waals surface area contributed by atoms with Crippen LogP contribution in [-0.2, 0) is 23.0 Å². The third-order valence-corrected chi connectivity index (χ3v) is 7.89. The summed E-state index contributed by atoms with van der Waals surface area (Å²) in [5.41, 5.74) is 3.78. The number of rotatable bonds is 9. The zero-order valence-electron chi connectivity index (χ0n) is 18.6. The number of aromatic nitrogens is 3. The van der Waals surface area contributed by atoms with Crippen LogP contribution < -0.4 is 4.72 Å². The summed E-state index contributed by atoms with van der Waals surface area (Å²) in [6.45, 7) is 5.31. The van der Waals surface area contributed by atoms with Crippen LogP contribution in [0.25, 0.3) is 0 Å². The summed E-state index contributed by atoms with van der Waals surface area (Å²) in [6, 6.07) is 15.7. The highest BCUT2D eigenvalue weighted by atomic mass is 127. The molecule has 0 bridgehead atoms. The van der Waals surface area contributed by atoms with E-state index >= 15 is 0 Å². The summed E-state index contributed by atoms with van der Waals surface area (Å²) in [5.74, 6) is 0.0553. The van der Waals surface area contributed by atoms with Crippen molar-refractivity contribution in [1.82, 2.24) is 24.6 Å². The van der Waals surface area contributed by atoms with Crippen LogP contribution in [0.5, 0.6) is 0 Å². The summed E-state index contributed by atoms with van der Waals surface area (Å²) in [7, 11) is -3.45. The van der Waals surface area contributed by atoms with Gasteiger partial charge in [0.05, 0.1) is 12.2 Å². The fourth-order valence-corrected chi connectivity index (χ4v) is 5.10. The summed E-state index contributed by atoms with van der Waals surface area (Å²) < 4.78 is 28.6. The summed E-state index contributed by atoms with van der Waals surface area (Å²) in [4.78, 5) is 14.6. The van der Waals surface area contributed by atoms with Gasteiger partial charge < -0.3 is 4.90 Å². The third kappa shape index (κ3) is 6.30. The molecule has 34 heavy (non-hydrogen) atoms. The van der Waals surface area contributed by atoms with Crippen molar-refractivity contribution in [2.75, 3.05) is 19.6 Å². The summed E-state index contributed by atoms with van der Waals surface area (Å²) in [6.07, 6.45) is 3.45. The van der Waals surface area contributed by atoms with Gasteiger partial charge in [-0.15, -0.1) is 5.10 Å². The van der Waals surface area contributed by atoms with E-state index in [0.717, 1.165) is 29.5 Å². The predicted octanol–water partition coefficient (Wildman–Crippen LogP) is 3.05. The SMILES string of the molecule is C=CS(=O)(=O)NCC1CCN(C(=O)c2ccc(Cn3cc(Cc4ccccc4I)nn3)cc2)C1. The fourth-order valence-electron chi connectivity index (χ4n) is 3.93. The molecular weight excluding hydrogens is 565 g/mol. The van der Waals surface area contributed by atoms with Gasteiger partial charge in [-0.2, -0.15) is 0 Å². The second-order valence-corrected chi connectivity index (χ2v) is 11.2. The van der Waals surface area contributed by atoms with Gasteiger partial charge in [0, 0.05) is 46.8 Å². The Morgan fingerprint density at radius 2 is 1.97 bits per heavy atom. The Bertz CT molecular complexity index is 1270. The van der Waals surface area contributed by atoms with Crippen LogP contribution >= 0.6 is 22.6 Å². The smallest absolute Gasteiger partial charge is 0.253 e. The van der Waals surface area contributed by atoms with Crippen LogP contribution in [0.3, 0.4) is 0 Å². The minimum absolute atomic E-state index is 0.0406. The van der Waals surface area contributed by atoms with E-state index in [-0.39, 0.29) is 11.8 Å². The molecule has 0 saturated carbocycles. The molecule has 1 amide bonds. The number of amides is 1. The number of hydrogen-bond donors (Lipinski definition) is 1. The number of likely N-dealkylation sites (tertiary alicyclic amines) is 1. The van der Waals surface area contributed by atoms with Gasteiger partial charge in [0.2, 0.25) is 10.0 Å². The van der Waals surface area contributed by atoms with E-state index in [1.54, 1.807) is 9.58 Å². The van der Waals surface area contributed by atoms with Crippen molar-refractivity contribution in [3.05, 3.63) is 92.7 Å². The molecule has 10 heteroatoms. The molecule has 178 valence electrons. The first-order valence-electron chi connectivity index (χ1n) is 11.0. The highest BCUT2D eigenvalue weighted by molar-refractivity contribution is 14.1. The number of carbonyl (C=O) groups excluding carboxylic acids is 1. The number of halogens is 1. The van der Waals surface area contributed by atoms with Gasteiger partial charge in [0.15, 0.2) is 0 Å². The molecular formula is C24H26IN5O3S. The van der Waals surface area contributed by atoms with E-state index in [0.29, 0.717) is 31.7 Å². The van der Waals surface area contributed by atoms with Gasteiger partial charge in [0.25, 0.3) is 5.91 Å². The molecule has 1 aromatic heterocycles. The zero-order chi connectivity index (χ0) is 24.1. The first-order valence-corrected chi connectivity index (χ1v) is 13.6. The molecule has 4 rings (SSSR count). The van der Waals surface area contributed by atoms with E-state index in [4.69, 9.17) is 0 Å². The number of benzene rings is 2. The largest absolute Gasteiger partial charge is 0.338 e. The van der Waals surface area contributed by atoms with E-state index in [9.17, 15) is 13.2 Å². The average molecular weight is 591 g/mol. The van der Waals surface area contributed by atoms with Crippen LogP contribution in [0, 0.1) is 9.49 Å². The van der Waals surface area contributed by atoms with Gasteiger partial charge in [-0.1, -0.05) is 42.1 Å². The quantitative estimate of drug-likeness (QED) is 0.386. The van der Waals surface area contributed by atoms with Crippen molar-refractivity contribution in [3.63, 3.8) is 0 Å². The number of nitrogens with one attached hydrogen (secondary N) is 1. The molecule has 2 aromatic carbocycles. The van der Waals surface area contributed by atoms with E-state index < -0.39 is 10.0 Å². The van der Waals surface area contributed by atoms with Crippen LogP contribution in [0.4, 0.5) is 0 Å². The number of hydrogen-bond acceptors (Lipinski definition) is 5. The molecule has 1 atom stereocenters. The van der Waals surface area contributed by atoms with Crippen LogP contribution in [0.2, 0.25) is 0 Å². The Kier molecular flexibility index (Phi) is 7.79. The number of sulfonamides is 1. The Morgan fingerprint density at radius 1 is 1.21 bits per heavy atom.